The third kappa shape index (κ3) is 5.79. The molecule has 0 aromatic heterocycles. The van der Waals surface area contributed by atoms with Crippen LogP contribution >= 0.6 is 0 Å². The van der Waals surface area contributed by atoms with Crippen LogP contribution in [0.1, 0.15) is 77.6 Å². The summed E-state index contributed by atoms with van der Waals surface area (Å²) in [5.74, 6) is 0.662. The Bertz CT molecular complexity index is 329. The van der Waals surface area contributed by atoms with Crippen LogP contribution < -0.4 is 11.1 Å². The van der Waals surface area contributed by atoms with Crippen molar-refractivity contribution in [3.63, 3.8) is 0 Å². The molecule has 0 saturated heterocycles. The van der Waals surface area contributed by atoms with Crippen LogP contribution in [0.15, 0.2) is 4.99 Å². The van der Waals surface area contributed by atoms with E-state index in [0.29, 0.717) is 17.4 Å². The lowest BCUT2D eigenvalue weighted by atomic mass is 9.83. The maximum absolute atomic E-state index is 6.16. The van der Waals surface area contributed by atoms with Gasteiger partial charge in [0.25, 0.3) is 0 Å². The fraction of sp³-hybridized carbons (Fsp3) is 0.944. The minimum Gasteiger partial charge on any atom is -0.382 e. The van der Waals surface area contributed by atoms with E-state index in [1.54, 1.807) is 0 Å². The van der Waals surface area contributed by atoms with Crippen molar-refractivity contribution in [1.29, 1.82) is 0 Å². The smallest absolute Gasteiger partial charge is 0.188 e. The molecular formula is C18H35N3O. The van der Waals surface area contributed by atoms with Crippen LogP contribution in [0.2, 0.25) is 0 Å². The number of nitrogens with two attached hydrogens (primary N) is 1. The molecule has 2 rings (SSSR count). The van der Waals surface area contributed by atoms with Crippen LogP contribution in [-0.4, -0.2) is 31.8 Å². The molecule has 0 atom stereocenters. The molecule has 0 amide bonds. The van der Waals surface area contributed by atoms with Crippen molar-refractivity contribution in [1.82, 2.24) is 5.32 Å². The van der Waals surface area contributed by atoms with Gasteiger partial charge in [0.15, 0.2) is 5.96 Å². The monoisotopic (exact) mass is 309 g/mol. The van der Waals surface area contributed by atoms with Crippen LogP contribution in [0.25, 0.3) is 0 Å². The fourth-order valence-corrected chi connectivity index (χ4v) is 3.98. The van der Waals surface area contributed by atoms with Gasteiger partial charge < -0.3 is 15.8 Å². The number of guanidine groups is 1. The van der Waals surface area contributed by atoms with Crippen molar-refractivity contribution in [2.45, 2.75) is 83.6 Å². The minimum atomic E-state index is 0.338. The maximum atomic E-state index is 6.16. The number of hydrogen-bond acceptors (Lipinski definition) is 2. The summed E-state index contributed by atoms with van der Waals surface area (Å²) >= 11 is 0. The second-order valence-corrected chi connectivity index (χ2v) is 7.19. The quantitative estimate of drug-likeness (QED) is 0.327. The molecule has 22 heavy (non-hydrogen) atoms. The van der Waals surface area contributed by atoms with Gasteiger partial charge in [-0.25, -0.2) is 0 Å². The molecule has 2 aliphatic rings. The van der Waals surface area contributed by atoms with Crippen molar-refractivity contribution in [3.05, 3.63) is 0 Å². The maximum Gasteiger partial charge on any atom is 0.188 e. The van der Waals surface area contributed by atoms with Gasteiger partial charge in [0.05, 0.1) is 0 Å². The third-order valence-electron chi connectivity index (χ3n) is 5.44. The van der Waals surface area contributed by atoms with Crippen molar-refractivity contribution >= 4 is 5.96 Å². The lowest BCUT2D eigenvalue weighted by molar-refractivity contribution is 0.107. The predicted molar refractivity (Wildman–Crippen MR) is 93.1 cm³/mol. The van der Waals surface area contributed by atoms with Gasteiger partial charge in [-0.1, -0.05) is 38.5 Å². The molecule has 2 fully saturated rings. The van der Waals surface area contributed by atoms with E-state index in [1.165, 1.54) is 64.2 Å². The zero-order valence-corrected chi connectivity index (χ0v) is 14.4. The highest BCUT2D eigenvalue weighted by atomic mass is 16.5. The molecular weight excluding hydrogens is 274 g/mol. The van der Waals surface area contributed by atoms with Gasteiger partial charge in [0, 0.05) is 25.8 Å². The standard InChI is InChI=1S/C18H35N3O/c1-2-22-14-13-18(11-7-8-12-18)15-20-17(19)21-16-9-5-3-4-6-10-16/h16H,2-15H2,1H3,(H3,19,20,21). The summed E-state index contributed by atoms with van der Waals surface area (Å²) in [6, 6.07) is 0.536. The topological polar surface area (TPSA) is 59.6 Å². The molecule has 0 heterocycles. The Hall–Kier alpha value is -0.770. The average molecular weight is 309 g/mol. The Kier molecular flexibility index (Phi) is 7.50. The highest BCUT2D eigenvalue weighted by Gasteiger charge is 2.33. The summed E-state index contributed by atoms with van der Waals surface area (Å²) in [6.07, 6.45) is 14.2. The van der Waals surface area contributed by atoms with Crippen molar-refractivity contribution < 1.29 is 4.74 Å². The van der Waals surface area contributed by atoms with Crippen molar-refractivity contribution in [3.8, 4) is 0 Å². The number of rotatable bonds is 7. The molecule has 0 bridgehead atoms. The molecule has 0 unspecified atom stereocenters. The summed E-state index contributed by atoms with van der Waals surface area (Å²) in [5.41, 5.74) is 6.49. The Morgan fingerprint density at radius 3 is 2.45 bits per heavy atom. The predicted octanol–water partition coefficient (Wildman–Crippen LogP) is 3.60. The van der Waals surface area contributed by atoms with E-state index < -0.39 is 0 Å². The van der Waals surface area contributed by atoms with E-state index in [2.05, 4.69) is 12.2 Å². The largest absolute Gasteiger partial charge is 0.382 e. The summed E-state index contributed by atoms with van der Waals surface area (Å²) in [4.78, 5) is 4.71. The number of nitrogens with one attached hydrogen (secondary N) is 1. The summed E-state index contributed by atoms with van der Waals surface area (Å²) < 4.78 is 5.57. The number of aliphatic imine (C=N–C) groups is 1. The fourth-order valence-electron chi connectivity index (χ4n) is 3.98. The Morgan fingerprint density at radius 2 is 1.82 bits per heavy atom. The normalized spacial score (nSPS) is 23.4. The second-order valence-electron chi connectivity index (χ2n) is 7.19. The Balaban J connectivity index is 1.81. The minimum absolute atomic E-state index is 0.338. The SMILES string of the molecule is CCOCCC1(CN=C(N)NC2CCCCCC2)CCCC1. The molecule has 128 valence electrons. The van der Waals surface area contributed by atoms with Crippen molar-refractivity contribution in [2.75, 3.05) is 19.8 Å². The molecule has 2 aliphatic carbocycles. The van der Waals surface area contributed by atoms with E-state index >= 15 is 0 Å². The zero-order chi connectivity index (χ0) is 15.7. The summed E-state index contributed by atoms with van der Waals surface area (Å²) in [6.45, 7) is 4.60. The van der Waals surface area contributed by atoms with E-state index in [1.807, 2.05) is 0 Å². The van der Waals surface area contributed by atoms with Crippen LogP contribution in [0.3, 0.4) is 0 Å². The molecule has 0 aliphatic heterocycles. The van der Waals surface area contributed by atoms with Gasteiger partial charge in [-0.15, -0.1) is 0 Å². The van der Waals surface area contributed by atoms with Crippen LogP contribution in [0.4, 0.5) is 0 Å². The first-order chi connectivity index (χ1) is 10.7. The van der Waals surface area contributed by atoms with Crippen LogP contribution in [-0.2, 0) is 4.74 Å². The highest BCUT2D eigenvalue weighted by molar-refractivity contribution is 5.78. The molecule has 0 radical (unpaired) electrons. The van der Waals surface area contributed by atoms with Gasteiger partial charge >= 0.3 is 0 Å². The molecule has 4 heteroatoms. The third-order valence-corrected chi connectivity index (χ3v) is 5.44. The summed E-state index contributed by atoms with van der Waals surface area (Å²) in [7, 11) is 0. The molecule has 2 saturated carbocycles. The van der Waals surface area contributed by atoms with Crippen molar-refractivity contribution in [2.24, 2.45) is 16.1 Å². The van der Waals surface area contributed by atoms with E-state index in [0.717, 1.165) is 26.2 Å². The lowest BCUT2D eigenvalue weighted by Crippen LogP contribution is -2.40. The summed E-state index contributed by atoms with van der Waals surface area (Å²) in [5, 5.41) is 3.46. The number of nitrogens with zero attached hydrogens (tertiary/aromatic N) is 1. The van der Waals surface area contributed by atoms with Gasteiger partial charge in [0.2, 0.25) is 0 Å². The molecule has 4 nitrogen and oxygen atoms in total. The van der Waals surface area contributed by atoms with Crippen LogP contribution in [0, 0.1) is 5.41 Å². The molecule has 3 N–H and O–H groups in total. The zero-order valence-electron chi connectivity index (χ0n) is 14.4. The van der Waals surface area contributed by atoms with Gasteiger partial charge in [-0.2, -0.15) is 0 Å². The highest BCUT2D eigenvalue weighted by Crippen LogP contribution is 2.41. The molecule has 0 aromatic carbocycles. The van der Waals surface area contributed by atoms with Gasteiger partial charge in [-0.3, -0.25) is 4.99 Å². The van der Waals surface area contributed by atoms with E-state index in [-0.39, 0.29) is 0 Å². The van der Waals surface area contributed by atoms with E-state index in [9.17, 15) is 0 Å². The number of hydrogen-bond donors (Lipinski definition) is 2. The second kappa shape index (κ2) is 9.39. The Morgan fingerprint density at radius 1 is 1.14 bits per heavy atom. The molecule has 0 spiro atoms. The van der Waals surface area contributed by atoms with Gasteiger partial charge in [0.1, 0.15) is 0 Å². The molecule has 0 aromatic rings. The van der Waals surface area contributed by atoms with E-state index in [4.69, 9.17) is 15.5 Å². The number of ether oxygens (including phenoxy) is 1. The first-order valence-corrected chi connectivity index (χ1v) is 9.38. The van der Waals surface area contributed by atoms with Gasteiger partial charge in [-0.05, 0) is 44.4 Å². The average Bonchev–Trinajstić information content (AvgIpc) is 2.83. The first kappa shape index (κ1) is 17.6. The van der Waals surface area contributed by atoms with Crippen LogP contribution in [0.5, 0.6) is 0 Å². The lowest BCUT2D eigenvalue weighted by Gasteiger charge is -2.27. The first-order valence-electron chi connectivity index (χ1n) is 9.38. The Labute approximate surface area is 136 Å².